The Bertz CT molecular complexity index is 580. The number of ether oxygens (including phenoxy) is 1. The van der Waals surface area contributed by atoms with Crippen molar-refractivity contribution in [3.63, 3.8) is 0 Å². The Morgan fingerprint density at radius 1 is 1.33 bits per heavy atom. The highest BCUT2D eigenvalue weighted by Crippen LogP contribution is 2.34. The first-order chi connectivity index (χ1) is 8.75. The minimum atomic E-state index is -0.176. The summed E-state index contributed by atoms with van der Waals surface area (Å²) in [6.07, 6.45) is 4.64. The summed E-state index contributed by atoms with van der Waals surface area (Å²) in [5.74, 6) is 0.964. The summed E-state index contributed by atoms with van der Waals surface area (Å²) in [7, 11) is 0. The lowest BCUT2D eigenvalue weighted by molar-refractivity contribution is 0.352. The SMILES string of the molecule is Cc1cncc(C(N)c2cccc3c2OCC3)c1. The second-order valence-electron chi connectivity index (χ2n) is 4.71. The van der Waals surface area contributed by atoms with Crippen molar-refractivity contribution in [3.8, 4) is 5.75 Å². The van der Waals surface area contributed by atoms with Crippen LogP contribution in [0.2, 0.25) is 0 Å². The first-order valence-electron chi connectivity index (χ1n) is 6.17. The standard InChI is InChI=1S/C15H16N2O/c1-10-7-12(9-17-8-10)14(16)13-4-2-3-11-5-6-18-15(11)13/h2-4,7-9,14H,5-6,16H2,1H3. The molecule has 1 aliphatic heterocycles. The molecule has 0 saturated carbocycles. The Hall–Kier alpha value is -1.87. The quantitative estimate of drug-likeness (QED) is 0.876. The molecule has 3 heteroatoms. The van der Waals surface area contributed by atoms with E-state index in [0.29, 0.717) is 0 Å². The van der Waals surface area contributed by atoms with Crippen LogP contribution in [0.25, 0.3) is 0 Å². The van der Waals surface area contributed by atoms with Gasteiger partial charge in [-0.1, -0.05) is 24.3 Å². The molecule has 2 heterocycles. The van der Waals surface area contributed by atoms with Gasteiger partial charge >= 0.3 is 0 Å². The van der Waals surface area contributed by atoms with Crippen LogP contribution in [0.1, 0.15) is 28.3 Å². The summed E-state index contributed by atoms with van der Waals surface area (Å²) >= 11 is 0. The van der Waals surface area contributed by atoms with Gasteiger partial charge in [0.2, 0.25) is 0 Å². The first-order valence-corrected chi connectivity index (χ1v) is 6.17. The summed E-state index contributed by atoms with van der Waals surface area (Å²) in [5.41, 5.74) is 10.8. The number of rotatable bonds is 2. The third-order valence-electron chi connectivity index (χ3n) is 3.34. The molecule has 2 N–H and O–H groups in total. The summed E-state index contributed by atoms with van der Waals surface area (Å²) in [4.78, 5) is 4.20. The number of benzene rings is 1. The summed E-state index contributed by atoms with van der Waals surface area (Å²) in [6, 6.07) is 8.09. The predicted molar refractivity (Wildman–Crippen MR) is 70.6 cm³/mol. The number of hydrogen-bond acceptors (Lipinski definition) is 3. The van der Waals surface area contributed by atoms with Crippen molar-refractivity contribution in [1.82, 2.24) is 4.98 Å². The molecule has 18 heavy (non-hydrogen) atoms. The van der Waals surface area contributed by atoms with Gasteiger partial charge in [0.1, 0.15) is 5.75 Å². The Kier molecular flexibility index (Phi) is 2.76. The van der Waals surface area contributed by atoms with Crippen molar-refractivity contribution in [2.45, 2.75) is 19.4 Å². The molecule has 1 aliphatic rings. The molecule has 0 radical (unpaired) electrons. The zero-order valence-electron chi connectivity index (χ0n) is 10.4. The van der Waals surface area contributed by atoms with Crippen LogP contribution in [-0.4, -0.2) is 11.6 Å². The monoisotopic (exact) mass is 240 g/mol. The van der Waals surface area contributed by atoms with E-state index in [1.807, 2.05) is 31.5 Å². The average Bonchev–Trinajstić information content (AvgIpc) is 2.86. The fourth-order valence-electron chi connectivity index (χ4n) is 2.41. The first kappa shape index (κ1) is 11.2. The Labute approximate surface area is 107 Å². The number of aryl methyl sites for hydroxylation is 1. The largest absolute Gasteiger partial charge is 0.493 e. The van der Waals surface area contributed by atoms with Gasteiger partial charge in [-0.15, -0.1) is 0 Å². The van der Waals surface area contributed by atoms with Crippen LogP contribution >= 0.6 is 0 Å². The molecular formula is C15H16N2O. The van der Waals surface area contributed by atoms with Crippen LogP contribution in [0.15, 0.2) is 36.7 Å². The number of nitrogens with two attached hydrogens (primary N) is 1. The van der Waals surface area contributed by atoms with Gasteiger partial charge in [-0.2, -0.15) is 0 Å². The Morgan fingerprint density at radius 2 is 2.22 bits per heavy atom. The molecule has 92 valence electrons. The second kappa shape index (κ2) is 4.42. The van der Waals surface area contributed by atoms with E-state index in [-0.39, 0.29) is 6.04 Å². The van der Waals surface area contributed by atoms with E-state index >= 15 is 0 Å². The second-order valence-corrected chi connectivity index (χ2v) is 4.71. The van der Waals surface area contributed by atoms with Gasteiger partial charge in [0.25, 0.3) is 0 Å². The van der Waals surface area contributed by atoms with Crippen LogP contribution in [0.4, 0.5) is 0 Å². The van der Waals surface area contributed by atoms with E-state index < -0.39 is 0 Å². The fourth-order valence-corrected chi connectivity index (χ4v) is 2.41. The van der Waals surface area contributed by atoms with E-state index in [0.717, 1.165) is 35.5 Å². The molecule has 0 spiro atoms. The fraction of sp³-hybridized carbons (Fsp3) is 0.267. The van der Waals surface area contributed by atoms with Gasteiger partial charge in [0.05, 0.1) is 12.6 Å². The van der Waals surface area contributed by atoms with Gasteiger partial charge in [0, 0.05) is 24.4 Å². The molecule has 0 saturated heterocycles. The zero-order valence-corrected chi connectivity index (χ0v) is 10.4. The minimum absolute atomic E-state index is 0.176. The molecule has 1 atom stereocenters. The van der Waals surface area contributed by atoms with Crippen molar-refractivity contribution in [2.75, 3.05) is 6.61 Å². The van der Waals surface area contributed by atoms with Crippen molar-refractivity contribution >= 4 is 0 Å². The zero-order chi connectivity index (χ0) is 12.5. The van der Waals surface area contributed by atoms with Crippen LogP contribution < -0.4 is 10.5 Å². The molecule has 1 aromatic heterocycles. The van der Waals surface area contributed by atoms with Crippen LogP contribution in [0, 0.1) is 6.92 Å². The smallest absolute Gasteiger partial charge is 0.127 e. The molecule has 3 rings (SSSR count). The highest BCUT2D eigenvalue weighted by atomic mass is 16.5. The molecule has 0 amide bonds. The van der Waals surface area contributed by atoms with Crippen molar-refractivity contribution in [1.29, 1.82) is 0 Å². The Balaban J connectivity index is 2.03. The van der Waals surface area contributed by atoms with Gasteiger partial charge in [-0.05, 0) is 23.6 Å². The van der Waals surface area contributed by atoms with Crippen LogP contribution in [0.5, 0.6) is 5.75 Å². The van der Waals surface area contributed by atoms with Gasteiger partial charge in [-0.3, -0.25) is 4.98 Å². The summed E-state index contributed by atoms with van der Waals surface area (Å²) in [6.45, 7) is 2.78. The number of pyridine rings is 1. The van der Waals surface area contributed by atoms with E-state index in [4.69, 9.17) is 10.5 Å². The van der Waals surface area contributed by atoms with E-state index in [9.17, 15) is 0 Å². The molecule has 1 unspecified atom stereocenters. The molecule has 0 fully saturated rings. The number of para-hydroxylation sites is 1. The maximum atomic E-state index is 6.34. The van der Waals surface area contributed by atoms with Crippen LogP contribution in [0.3, 0.4) is 0 Å². The predicted octanol–water partition coefficient (Wildman–Crippen LogP) is 2.37. The van der Waals surface area contributed by atoms with Gasteiger partial charge < -0.3 is 10.5 Å². The van der Waals surface area contributed by atoms with E-state index in [1.165, 1.54) is 5.56 Å². The molecule has 3 nitrogen and oxygen atoms in total. The van der Waals surface area contributed by atoms with Gasteiger partial charge in [-0.25, -0.2) is 0 Å². The number of aromatic nitrogens is 1. The summed E-state index contributed by atoms with van der Waals surface area (Å²) in [5, 5.41) is 0. The van der Waals surface area contributed by atoms with Gasteiger partial charge in [0.15, 0.2) is 0 Å². The van der Waals surface area contributed by atoms with E-state index in [1.54, 1.807) is 0 Å². The number of nitrogens with zero attached hydrogens (tertiary/aromatic N) is 1. The lowest BCUT2D eigenvalue weighted by Crippen LogP contribution is -2.13. The topological polar surface area (TPSA) is 48.1 Å². The van der Waals surface area contributed by atoms with E-state index in [2.05, 4.69) is 17.1 Å². The third-order valence-corrected chi connectivity index (χ3v) is 3.34. The maximum absolute atomic E-state index is 6.34. The normalized spacial score (nSPS) is 15.0. The molecule has 0 bridgehead atoms. The molecule has 1 aromatic carbocycles. The third kappa shape index (κ3) is 1.87. The van der Waals surface area contributed by atoms with Crippen molar-refractivity contribution < 1.29 is 4.74 Å². The Morgan fingerprint density at radius 3 is 3.06 bits per heavy atom. The molecule has 0 aliphatic carbocycles. The highest BCUT2D eigenvalue weighted by Gasteiger charge is 2.20. The summed E-state index contributed by atoms with van der Waals surface area (Å²) < 4.78 is 5.70. The number of fused-ring (bicyclic) bond motifs is 1. The maximum Gasteiger partial charge on any atom is 0.127 e. The van der Waals surface area contributed by atoms with Crippen molar-refractivity contribution in [2.24, 2.45) is 5.73 Å². The minimum Gasteiger partial charge on any atom is -0.493 e. The number of hydrogen-bond donors (Lipinski definition) is 1. The lowest BCUT2D eigenvalue weighted by Gasteiger charge is -2.16. The van der Waals surface area contributed by atoms with Crippen molar-refractivity contribution in [3.05, 3.63) is 58.9 Å². The lowest BCUT2D eigenvalue weighted by atomic mass is 9.97. The average molecular weight is 240 g/mol. The molecular weight excluding hydrogens is 224 g/mol. The van der Waals surface area contributed by atoms with Crippen LogP contribution in [-0.2, 0) is 6.42 Å². The highest BCUT2D eigenvalue weighted by molar-refractivity contribution is 5.48. The molecule has 2 aromatic rings.